The average molecular weight is 270 g/mol. The highest BCUT2D eigenvalue weighted by atomic mass is 79.9. The van der Waals surface area contributed by atoms with Crippen LogP contribution in [0.25, 0.3) is 0 Å². The quantitative estimate of drug-likeness (QED) is 0.838. The first-order valence-corrected chi connectivity index (χ1v) is 4.08. The molecule has 0 aromatic carbocycles. The van der Waals surface area contributed by atoms with Crippen LogP contribution in [-0.2, 0) is 10.7 Å². The lowest BCUT2D eigenvalue weighted by Crippen LogP contribution is -2.26. The van der Waals surface area contributed by atoms with Crippen LogP contribution in [-0.4, -0.2) is 16.1 Å². The predicted molar refractivity (Wildman–Crippen MR) is 43.4 cm³/mol. The molecule has 0 saturated heterocycles. The van der Waals surface area contributed by atoms with Gasteiger partial charge < -0.3 is 5.11 Å². The Hall–Kier alpha value is -1.11. The van der Waals surface area contributed by atoms with Crippen molar-refractivity contribution in [3.05, 3.63) is 28.2 Å². The first kappa shape index (κ1) is 11.0. The number of carboxylic acids is 1. The van der Waals surface area contributed by atoms with Gasteiger partial charge in [-0.2, -0.15) is 8.78 Å². The zero-order chi connectivity index (χ0) is 10.9. The fourth-order valence-corrected chi connectivity index (χ4v) is 1.02. The minimum absolute atomic E-state index is 0.448. The van der Waals surface area contributed by atoms with Crippen molar-refractivity contribution in [3.63, 3.8) is 0 Å². The normalized spacial score (nSPS) is 11.4. The summed E-state index contributed by atoms with van der Waals surface area (Å²) in [7, 11) is 0. The molecule has 1 aromatic rings. The van der Waals surface area contributed by atoms with Crippen LogP contribution in [0.4, 0.5) is 13.2 Å². The topological polar surface area (TPSA) is 50.2 Å². The molecule has 0 aliphatic rings. The second kappa shape index (κ2) is 3.56. The molecule has 7 heteroatoms. The molecule has 3 nitrogen and oxygen atoms in total. The molecular weight excluding hydrogens is 267 g/mol. The summed E-state index contributed by atoms with van der Waals surface area (Å²) in [5, 5.41) is 8.16. The summed E-state index contributed by atoms with van der Waals surface area (Å²) in [6, 6.07) is 1.33. The van der Waals surface area contributed by atoms with Crippen molar-refractivity contribution < 1.29 is 23.1 Å². The molecule has 1 aromatic heterocycles. The fraction of sp³-hybridized carbons (Fsp3) is 0.143. The van der Waals surface area contributed by atoms with E-state index in [-0.39, 0.29) is 0 Å². The van der Waals surface area contributed by atoms with Crippen LogP contribution < -0.4 is 0 Å². The summed E-state index contributed by atoms with van der Waals surface area (Å²) in [4.78, 5) is 13.2. The highest BCUT2D eigenvalue weighted by Gasteiger charge is 2.42. The van der Waals surface area contributed by atoms with Gasteiger partial charge in [0.1, 0.15) is 10.3 Å². The van der Waals surface area contributed by atoms with Crippen molar-refractivity contribution in [2.45, 2.75) is 5.92 Å². The molecule has 0 bridgehead atoms. The molecule has 14 heavy (non-hydrogen) atoms. The van der Waals surface area contributed by atoms with Gasteiger partial charge in [0.05, 0.1) is 0 Å². The van der Waals surface area contributed by atoms with Crippen LogP contribution in [0, 0.1) is 5.82 Å². The molecule has 0 atom stereocenters. The van der Waals surface area contributed by atoms with Crippen LogP contribution in [0.15, 0.2) is 16.7 Å². The second-order valence-electron chi connectivity index (χ2n) is 2.35. The maximum atomic E-state index is 12.8. The van der Waals surface area contributed by atoms with E-state index in [0.29, 0.717) is 12.1 Å². The van der Waals surface area contributed by atoms with Crippen molar-refractivity contribution in [1.82, 2.24) is 4.98 Å². The van der Waals surface area contributed by atoms with Gasteiger partial charge in [-0.1, -0.05) is 0 Å². The lowest BCUT2D eigenvalue weighted by atomic mass is 10.2. The number of carboxylic acid groups (broad SMARTS) is 1. The first-order chi connectivity index (χ1) is 6.35. The molecule has 76 valence electrons. The van der Waals surface area contributed by atoms with Gasteiger partial charge in [0.15, 0.2) is 5.82 Å². The summed E-state index contributed by atoms with van der Waals surface area (Å²) < 4.78 is 37.7. The van der Waals surface area contributed by atoms with Crippen molar-refractivity contribution in [3.8, 4) is 0 Å². The van der Waals surface area contributed by atoms with Crippen molar-refractivity contribution in [2.24, 2.45) is 0 Å². The molecule has 0 saturated carbocycles. The molecule has 0 amide bonds. The summed E-state index contributed by atoms with van der Waals surface area (Å²) in [5.41, 5.74) is -1.02. The molecule has 1 N–H and O–H groups in total. The van der Waals surface area contributed by atoms with Crippen molar-refractivity contribution in [1.29, 1.82) is 0 Å². The number of alkyl halides is 2. The lowest BCUT2D eigenvalue weighted by molar-refractivity contribution is -0.167. The average Bonchev–Trinajstić information content (AvgIpc) is 2.09. The van der Waals surface area contributed by atoms with Crippen molar-refractivity contribution in [2.75, 3.05) is 0 Å². The number of hydrogen-bond donors (Lipinski definition) is 1. The van der Waals surface area contributed by atoms with Gasteiger partial charge in [0.2, 0.25) is 0 Å². The summed E-state index contributed by atoms with van der Waals surface area (Å²) >= 11 is 2.58. The van der Waals surface area contributed by atoms with Gasteiger partial charge in [-0.25, -0.2) is 14.2 Å². The van der Waals surface area contributed by atoms with Crippen LogP contribution in [0.2, 0.25) is 0 Å². The largest absolute Gasteiger partial charge is 0.476 e. The summed E-state index contributed by atoms with van der Waals surface area (Å²) in [6.07, 6.45) is 0. The van der Waals surface area contributed by atoms with E-state index >= 15 is 0 Å². The minimum atomic E-state index is -4.11. The number of aliphatic carboxylic acids is 1. The van der Waals surface area contributed by atoms with Gasteiger partial charge in [-0.15, -0.1) is 0 Å². The second-order valence-corrected chi connectivity index (χ2v) is 3.10. The number of rotatable bonds is 2. The van der Waals surface area contributed by atoms with E-state index in [1.807, 2.05) is 0 Å². The number of carbonyl (C=O) groups is 1. The minimum Gasteiger partial charge on any atom is -0.476 e. The van der Waals surface area contributed by atoms with Crippen LogP contribution >= 0.6 is 15.9 Å². The van der Waals surface area contributed by atoms with Gasteiger partial charge in [-0.3, -0.25) is 0 Å². The van der Waals surface area contributed by atoms with E-state index < -0.39 is 28.0 Å². The van der Waals surface area contributed by atoms with Gasteiger partial charge in [0.25, 0.3) is 0 Å². The number of nitrogens with zero attached hydrogens (tertiary/aromatic N) is 1. The highest BCUT2D eigenvalue weighted by molar-refractivity contribution is 9.10. The molecule has 1 rings (SSSR count). The van der Waals surface area contributed by atoms with E-state index in [1.54, 1.807) is 0 Å². The molecule has 1 heterocycles. The molecule has 0 fully saturated rings. The maximum absolute atomic E-state index is 12.8. The number of halogens is 4. The first-order valence-electron chi connectivity index (χ1n) is 3.29. The Bertz CT molecular complexity index is 383. The summed E-state index contributed by atoms with van der Waals surface area (Å²) in [5.74, 6) is -7.28. The molecule has 0 aliphatic carbocycles. The Morgan fingerprint density at radius 1 is 1.50 bits per heavy atom. The Morgan fingerprint density at radius 3 is 2.50 bits per heavy atom. The third kappa shape index (κ3) is 1.87. The van der Waals surface area contributed by atoms with Gasteiger partial charge in [-0.05, 0) is 28.1 Å². The smallest absolute Gasteiger partial charge is 0.384 e. The lowest BCUT2D eigenvalue weighted by Gasteiger charge is -2.10. The van der Waals surface area contributed by atoms with E-state index in [0.717, 1.165) is 0 Å². The SMILES string of the molecule is O=C(O)C(F)(F)c1ccc(F)c(Br)n1. The molecule has 0 spiro atoms. The molecule has 0 unspecified atom stereocenters. The third-order valence-corrected chi connectivity index (χ3v) is 1.95. The molecule has 0 aliphatic heterocycles. The number of pyridine rings is 1. The Balaban J connectivity index is 3.21. The maximum Gasteiger partial charge on any atom is 0.384 e. The standard InChI is InChI=1S/C7H3BrF3NO2/c8-5-3(9)1-2-4(12-5)7(10,11)6(13)14/h1-2H,(H,13,14). The van der Waals surface area contributed by atoms with E-state index in [4.69, 9.17) is 5.11 Å². The molecular formula is C7H3BrF3NO2. The van der Waals surface area contributed by atoms with Gasteiger partial charge >= 0.3 is 11.9 Å². The Labute approximate surface area is 84.7 Å². The van der Waals surface area contributed by atoms with E-state index in [1.165, 1.54) is 0 Å². The highest BCUT2D eigenvalue weighted by Crippen LogP contribution is 2.28. The monoisotopic (exact) mass is 269 g/mol. The van der Waals surface area contributed by atoms with E-state index in [2.05, 4.69) is 20.9 Å². The van der Waals surface area contributed by atoms with Crippen molar-refractivity contribution >= 4 is 21.9 Å². The Morgan fingerprint density at radius 2 is 2.07 bits per heavy atom. The zero-order valence-corrected chi connectivity index (χ0v) is 8.06. The van der Waals surface area contributed by atoms with Gasteiger partial charge in [0, 0.05) is 0 Å². The number of hydrogen-bond acceptors (Lipinski definition) is 2. The fourth-order valence-electron chi connectivity index (χ4n) is 0.702. The van der Waals surface area contributed by atoms with Crippen LogP contribution in [0.5, 0.6) is 0 Å². The predicted octanol–water partition coefficient (Wildman–Crippen LogP) is 2.16. The van der Waals surface area contributed by atoms with Crippen LogP contribution in [0.1, 0.15) is 5.69 Å². The zero-order valence-electron chi connectivity index (χ0n) is 6.47. The van der Waals surface area contributed by atoms with E-state index in [9.17, 15) is 18.0 Å². The third-order valence-electron chi connectivity index (χ3n) is 1.39. The molecule has 0 radical (unpaired) electrons. The van der Waals surface area contributed by atoms with Crippen LogP contribution in [0.3, 0.4) is 0 Å². The Kier molecular flexibility index (Phi) is 2.79. The number of aromatic nitrogens is 1. The summed E-state index contributed by atoms with van der Waals surface area (Å²) in [6.45, 7) is 0.